The van der Waals surface area contributed by atoms with Crippen LogP contribution in [0.4, 0.5) is 4.39 Å². The van der Waals surface area contributed by atoms with Gasteiger partial charge in [0.2, 0.25) is 0 Å². The van der Waals surface area contributed by atoms with E-state index in [0.29, 0.717) is 12.2 Å². The van der Waals surface area contributed by atoms with Crippen molar-refractivity contribution in [2.75, 3.05) is 33.7 Å². The van der Waals surface area contributed by atoms with Crippen LogP contribution in [0.3, 0.4) is 0 Å². The Morgan fingerprint density at radius 3 is 2.48 bits per heavy atom. The van der Waals surface area contributed by atoms with E-state index in [9.17, 15) is 9.18 Å². The van der Waals surface area contributed by atoms with Crippen molar-refractivity contribution in [3.8, 4) is 0 Å². The quantitative estimate of drug-likeness (QED) is 0.712. The monoisotopic (exact) mass is 446 g/mol. The Balaban J connectivity index is 0.00000210. The smallest absolute Gasteiger partial charge is 0.273 e. The van der Waals surface area contributed by atoms with Gasteiger partial charge in [0.25, 0.3) is 5.91 Å². The molecule has 29 heavy (non-hydrogen) atoms. The molecule has 1 aromatic carbocycles. The molecule has 1 aromatic heterocycles. The van der Waals surface area contributed by atoms with Crippen molar-refractivity contribution in [1.82, 2.24) is 30.5 Å². The van der Waals surface area contributed by atoms with E-state index < -0.39 is 0 Å². The number of benzene rings is 1. The number of amides is 1. The lowest BCUT2D eigenvalue weighted by Gasteiger charge is -2.25. The van der Waals surface area contributed by atoms with Gasteiger partial charge in [0.15, 0.2) is 5.69 Å². The van der Waals surface area contributed by atoms with Crippen molar-refractivity contribution in [3.63, 3.8) is 0 Å². The number of piperidine rings is 1. The van der Waals surface area contributed by atoms with E-state index >= 15 is 0 Å². The molecule has 10 heteroatoms. The van der Waals surface area contributed by atoms with Crippen LogP contribution >= 0.6 is 24.8 Å². The van der Waals surface area contributed by atoms with Crippen molar-refractivity contribution in [1.29, 1.82) is 0 Å². The Labute approximate surface area is 183 Å². The number of likely N-dealkylation sites (N-methyl/N-ethyl adjacent to an activating group) is 1. The van der Waals surface area contributed by atoms with Gasteiger partial charge in [-0.05, 0) is 64.6 Å². The van der Waals surface area contributed by atoms with Crippen LogP contribution in [0, 0.1) is 12.7 Å². The number of nitrogens with zero attached hydrogens (tertiary/aromatic N) is 4. The van der Waals surface area contributed by atoms with Gasteiger partial charge in [0, 0.05) is 6.54 Å². The first-order valence-corrected chi connectivity index (χ1v) is 9.30. The van der Waals surface area contributed by atoms with Crippen molar-refractivity contribution >= 4 is 30.7 Å². The van der Waals surface area contributed by atoms with Crippen molar-refractivity contribution in [2.24, 2.45) is 0 Å². The van der Waals surface area contributed by atoms with E-state index in [-0.39, 0.29) is 48.6 Å². The van der Waals surface area contributed by atoms with E-state index in [0.717, 1.165) is 37.2 Å². The molecular formula is C19H29Cl2FN6O. The number of hydrogen-bond donors (Lipinski definition) is 2. The molecule has 1 unspecified atom stereocenters. The SMILES string of the molecule is Cc1c(C(=O)NCC(c2ccc(F)cc2)N(C)C)nnn1C1CCNCC1.Cl.Cl. The summed E-state index contributed by atoms with van der Waals surface area (Å²) in [5.41, 5.74) is 2.10. The summed E-state index contributed by atoms with van der Waals surface area (Å²) in [6, 6.07) is 6.57. The zero-order valence-corrected chi connectivity index (χ0v) is 18.5. The van der Waals surface area contributed by atoms with Crippen molar-refractivity contribution < 1.29 is 9.18 Å². The highest BCUT2D eigenvalue weighted by molar-refractivity contribution is 5.93. The van der Waals surface area contributed by atoms with Crippen LogP contribution in [-0.2, 0) is 0 Å². The number of rotatable bonds is 6. The molecule has 0 bridgehead atoms. The Hall–Kier alpha value is -1.74. The van der Waals surface area contributed by atoms with E-state index in [4.69, 9.17) is 0 Å². The molecule has 2 N–H and O–H groups in total. The molecule has 0 spiro atoms. The summed E-state index contributed by atoms with van der Waals surface area (Å²) in [6.07, 6.45) is 1.97. The first-order valence-electron chi connectivity index (χ1n) is 9.30. The number of carbonyl (C=O) groups is 1. The maximum Gasteiger partial charge on any atom is 0.273 e. The molecule has 1 amide bonds. The fourth-order valence-corrected chi connectivity index (χ4v) is 3.51. The summed E-state index contributed by atoms with van der Waals surface area (Å²) in [5, 5.41) is 14.6. The van der Waals surface area contributed by atoms with Gasteiger partial charge in [-0.1, -0.05) is 17.3 Å². The largest absolute Gasteiger partial charge is 0.349 e. The Kier molecular flexibility index (Phi) is 9.98. The second-order valence-electron chi connectivity index (χ2n) is 7.19. The van der Waals surface area contributed by atoms with Gasteiger partial charge < -0.3 is 15.5 Å². The Morgan fingerprint density at radius 2 is 1.90 bits per heavy atom. The van der Waals surface area contributed by atoms with Gasteiger partial charge in [-0.25, -0.2) is 9.07 Å². The van der Waals surface area contributed by atoms with Gasteiger partial charge >= 0.3 is 0 Å². The third kappa shape index (κ3) is 6.12. The minimum atomic E-state index is -0.273. The first-order chi connectivity index (χ1) is 13.0. The molecule has 2 heterocycles. The number of halogens is 3. The standard InChI is InChI=1S/C19H27FN6O.2ClH/c1-13-18(23-24-26(13)16-8-10-21-11-9-16)19(27)22-12-17(25(2)3)14-4-6-15(20)7-5-14;;/h4-7,16-17,21H,8-12H2,1-3H3,(H,22,27);2*1H. The number of nitrogens with one attached hydrogen (secondary N) is 2. The fourth-order valence-electron chi connectivity index (χ4n) is 3.51. The Morgan fingerprint density at radius 1 is 1.28 bits per heavy atom. The molecule has 0 saturated carbocycles. The van der Waals surface area contributed by atoms with E-state index in [1.807, 2.05) is 30.6 Å². The summed E-state index contributed by atoms with van der Waals surface area (Å²) >= 11 is 0. The highest BCUT2D eigenvalue weighted by Crippen LogP contribution is 2.21. The molecule has 162 valence electrons. The van der Waals surface area contributed by atoms with Gasteiger partial charge in [-0.2, -0.15) is 0 Å². The van der Waals surface area contributed by atoms with Crippen LogP contribution in [0.1, 0.15) is 46.7 Å². The fraction of sp³-hybridized carbons (Fsp3) is 0.526. The maximum atomic E-state index is 13.2. The van der Waals surface area contributed by atoms with Crippen LogP contribution in [0.25, 0.3) is 0 Å². The molecule has 1 fully saturated rings. The predicted octanol–water partition coefficient (Wildman–Crippen LogP) is 2.53. The molecule has 1 aliphatic heterocycles. The van der Waals surface area contributed by atoms with E-state index in [1.54, 1.807) is 12.1 Å². The molecule has 0 radical (unpaired) electrons. The summed E-state index contributed by atoms with van der Waals surface area (Å²) < 4.78 is 15.1. The molecule has 1 atom stereocenters. The minimum Gasteiger partial charge on any atom is -0.349 e. The van der Waals surface area contributed by atoms with Crippen LogP contribution in [0.2, 0.25) is 0 Å². The molecular weight excluding hydrogens is 418 g/mol. The average molecular weight is 447 g/mol. The summed E-state index contributed by atoms with van der Waals surface area (Å²) in [4.78, 5) is 14.6. The number of carbonyl (C=O) groups excluding carboxylic acids is 1. The molecule has 2 aromatic rings. The number of hydrogen-bond acceptors (Lipinski definition) is 5. The summed E-state index contributed by atoms with van der Waals surface area (Å²) in [7, 11) is 3.86. The van der Waals surface area contributed by atoms with Crippen molar-refractivity contribution in [3.05, 3.63) is 47.0 Å². The first kappa shape index (κ1) is 25.3. The molecule has 1 saturated heterocycles. The number of aromatic nitrogens is 3. The van der Waals surface area contributed by atoms with Crippen LogP contribution < -0.4 is 10.6 Å². The van der Waals surface area contributed by atoms with Crippen LogP contribution in [0.5, 0.6) is 0 Å². The lowest BCUT2D eigenvalue weighted by molar-refractivity contribution is 0.0936. The van der Waals surface area contributed by atoms with Gasteiger partial charge in [-0.15, -0.1) is 29.9 Å². The summed E-state index contributed by atoms with van der Waals surface area (Å²) in [6.45, 7) is 4.19. The van der Waals surface area contributed by atoms with Crippen molar-refractivity contribution in [2.45, 2.75) is 31.8 Å². The topological polar surface area (TPSA) is 75.1 Å². The lowest BCUT2D eigenvalue weighted by atomic mass is 10.1. The molecule has 3 rings (SSSR count). The maximum absolute atomic E-state index is 13.2. The normalized spacial score (nSPS) is 15.3. The molecule has 7 nitrogen and oxygen atoms in total. The highest BCUT2D eigenvalue weighted by Gasteiger charge is 2.24. The highest BCUT2D eigenvalue weighted by atomic mass is 35.5. The minimum absolute atomic E-state index is 0. The summed E-state index contributed by atoms with van der Waals surface area (Å²) in [5.74, 6) is -0.507. The third-order valence-corrected chi connectivity index (χ3v) is 5.13. The molecule has 1 aliphatic rings. The van der Waals surface area contributed by atoms with Gasteiger partial charge in [0.05, 0.1) is 17.8 Å². The zero-order chi connectivity index (χ0) is 19.4. The van der Waals surface area contributed by atoms with E-state index in [2.05, 4.69) is 20.9 Å². The average Bonchev–Trinajstić information content (AvgIpc) is 3.05. The second kappa shape index (κ2) is 11.4. The van der Waals surface area contributed by atoms with E-state index in [1.165, 1.54) is 12.1 Å². The van der Waals surface area contributed by atoms with Crippen LogP contribution in [0.15, 0.2) is 24.3 Å². The lowest BCUT2D eigenvalue weighted by Crippen LogP contribution is -2.35. The van der Waals surface area contributed by atoms with Crippen LogP contribution in [-0.4, -0.2) is 59.5 Å². The Bertz CT molecular complexity index is 778. The zero-order valence-electron chi connectivity index (χ0n) is 16.9. The predicted molar refractivity (Wildman–Crippen MR) is 116 cm³/mol. The van der Waals surface area contributed by atoms with Gasteiger partial charge in [0.1, 0.15) is 5.82 Å². The third-order valence-electron chi connectivity index (χ3n) is 5.13. The van der Waals surface area contributed by atoms with Gasteiger partial charge in [-0.3, -0.25) is 4.79 Å². The molecule has 0 aliphatic carbocycles. The second-order valence-corrected chi connectivity index (χ2v) is 7.19.